The van der Waals surface area contributed by atoms with E-state index in [0.717, 1.165) is 37.1 Å². The summed E-state index contributed by atoms with van der Waals surface area (Å²) in [5, 5.41) is 3.54. The first kappa shape index (κ1) is 18.9. The van der Waals surface area contributed by atoms with Crippen LogP contribution in [0.25, 0.3) is 0 Å². The van der Waals surface area contributed by atoms with Gasteiger partial charge in [0.1, 0.15) is 0 Å². The van der Waals surface area contributed by atoms with Crippen LogP contribution in [0.4, 0.5) is 0 Å². The molecule has 0 aliphatic carbocycles. The van der Waals surface area contributed by atoms with Gasteiger partial charge in [0.25, 0.3) is 0 Å². The lowest BCUT2D eigenvalue weighted by atomic mass is 9.95. The molecule has 0 radical (unpaired) electrons. The minimum Gasteiger partial charge on any atom is -0.342 e. The molecule has 3 heteroatoms. The first-order valence-corrected chi connectivity index (χ1v) is 10.0. The van der Waals surface area contributed by atoms with Crippen molar-refractivity contribution >= 4 is 0 Å². The Balaban J connectivity index is 1.45. The molecule has 3 nitrogen and oxygen atoms in total. The molecule has 144 valence electrons. The lowest BCUT2D eigenvalue weighted by Gasteiger charge is -2.42. The van der Waals surface area contributed by atoms with Gasteiger partial charge in [-0.15, -0.1) is 0 Å². The Hall–Kier alpha value is -2.46. The van der Waals surface area contributed by atoms with Crippen LogP contribution in [0.15, 0.2) is 91.0 Å². The van der Waals surface area contributed by atoms with Crippen LogP contribution in [0.5, 0.6) is 0 Å². The van der Waals surface area contributed by atoms with Crippen molar-refractivity contribution in [3.63, 3.8) is 0 Å². The lowest BCUT2D eigenvalue weighted by molar-refractivity contribution is -0.279. The molecule has 0 saturated carbocycles. The summed E-state index contributed by atoms with van der Waals surface area (Å²) in [5.74, 6) is -0.829. The Labute approximate surface area is 167 Å². The van der Waals surface area contributed by atoms with Gasteiger partial charge < -0.3 is 14.8 Å². The van der Waals surface area contributed by atoms with E-state index in [9.17, 15) is 0 Å². The Bertz CT molecular complexity index is 797. The minimum atomic E-state index is -0.829. The van der Waals surface area contributed by atoms with Gasteiger partial charge >= 0.3 is 0 Å². The van der Waals surface area contributed by atoms with Crippen molar-refractivity contribution in [2.75, 3.05) is 13.2 Å². The maximum absolute atomic E-state index is 6.64. The average Bonchev–Trinajstić information content (AvgIpc) is 2.79. The van der Waals surface area contributed by atoms with Crippen molar-refractivity contribution in [3.8, 4) is 0 Å². The van der Waals surface area contributed by atoms with Crippen molar-refractivity contribution in [1.29, 1.82) is 0 Å². The quantitative estimate of drug-likeness (QED) is 0.599. The summed E-state index contributed by atoms with van der Waals surface area (Å²) < 4.78 is 12.9. The van der Waals surface area contributed by atoms with E-state index in [2.05, 4.69) is 53.8 Å². The first-order valence-electron chi connectivity index (χ1n) is 10.0. The predicted octanol–water partition coefficient (Wildman–Crippen LogP) is 4.87. The molecule has 1 aliphatic heterocycles. The van der Waals surface area contributed by atoms with Gasteiger partial charge in [0.15, 0.2) is 0 Å². The van der Waals surface area contributed by atoms with Crippen LogP contribution in [0.1, 0.15) is 29.5 Å². The Morgan fingerprint density at radius 3 is 1.96 bits per heavy atom. The summed E-state index contributed by atoms with van der Waals surface area (Å²) in [6.45, 7) is 2.49. The molecule has 0 bridgehead atoms. The van der Waals surface area contributed by atoms with Gasteiger partial charge in [0.2, 0.25) is 5.79 Å². The van der Waals surface area contributed by atoms with E-state index in [4.69, 9.17) is 9.47 Å². The van der Waals surface area contributed by atoms with E-state index in [1.165, 1.54) is 5.56 Å². The number of benzene rings is 3. The zero-order valence-corrected chi connectivity index (χ0v) is 16.1. The van der Waals surface area contributed by atoms with Crippen molar-refractivity contribution in [2.45, 2.75) is 31.3 Å². The molecular weight excluding hydrogens is 346 g/mol. The van der Waals surface area contributed by atoms with Gasteiger partial charge in [-0.3, -0.25) is 0 Å². The van der Waals surface area contributed by atoms with E-state index in [1.807, 2.05) is 42.5 Å². The van der Waals surface area contributed by atoms with Gasteiger partial charge in [0, 0.05) is 17.7 Å². The van der Waals surface area contributed by atoms with Gasteiger partial charge in [0.05, 0.1) is 12.7 Å². The zero-order chi connectivity index (χ0) is 19.1. The smallest absolute Gasteiger partial charge is 0.222 e. The summed E-state index contributed by atoms with van der Waals surface area (Å²) in [5.41, 5.74) is 3.39. The third kappa shape index (κ3) is 4.33. The predicted molar refractivity (Wildman–Crippen MR) is 112 cm³/mol. The van der Waals surface area contributed by atoms with Crippen LogP contribution in [0, 0.1) is 0 Å². The molecule has 1 saturated heterocycles. The van der Waals surface area contributed by atoms with Crippen LogP contribution in [0.2, 0.25) is 0 Å². The summed E-state index contributed by atoms with van der Waals surface area (Å²) in [6, 6.07) is 31.0. The standard InChI is InChI=1S/C25H27NO2/c1-4-10-21(11-5-1)20-26-18-16-24-17-19-27-25(28-24,22-12-6-2-7-13-22)23-14-8-3-9-15-23/h1-15,24,26H,16-20H2/t24-/m1/s1. The van der Waals surface area contributed by atoms with Crippen molar-refractivity contribution in [1.82, 2.24) is 5.32 Å². The van der Waals surface area contributed by atoms with Gasteiger partial charge in [-0.25, -0.2) is 0 Å². The summed E-state index contributed by atoms with van der Waals surface area (Å²) >= 11 is 0. The number of nitrogens with one attached hydrogen (secondary N) is 1. The van der Waals surface area contributed by atoms with Gasteiger partial charge in [-0.1, -0.05) is 91.0 Å². The topological polar surface area (TPSA) is 30.5 Å². The fraction of sp³-hybridized carbons (Fsp3) is 0.280. The van der Waals surface area contributed by atoms with Crippen molar-refractivity contribution in [2.24, 2.45) is 0 Å². The second-order valence-corrected chi connectivity index (χ2v) is 7.18. The number of hydrogen-bond acceptors (Lipinski definition) is 3. The largest absolute Gasteiger partial charge is 0.342 e. The molecular formula is C25H27NO2. The fourth-order valence-electron chi connectivity index (χ4n) is 3.74. The molecule has 4 rings (SSSR count). The third-order valence-electron chi connectivity index (χ3n) is 5.20. The van der Waals surface area contributed by atoms with E-state index in [-0.39, 0.29) is 6.10 Å². The summed E-state index contributed by atoms with van der Waals surface area (Å²) in [7, 11) is 0. The Kier molecular flexibility index (Phi) is 6.17. The molecule has 0 amide bonds. The maximum atomic E-state index is 6.64. The molecule has 1 N–H and O–H groups in total. The van der Waals surface area contributed by atoms with Crippen molar-refractivity contribution < 1.29 is 9.47 Å². The minimum absolute atomic E-state index is 0.150. The molecule has 0 aromatic heterocycles. The van der Waals surface area contributed by atoms with Crippen LogP contribution in [0.3, 0.4) is 0 Å². The van der Waals surface area contributed by atoms with Crippen LogP contribution in [-0.4, -0.2) is 19.3 Å². The van der Waals surface area contributed by atoms with Crippen LogP contribution >= 0.6 is 0 Å². The Morgan fingerprint density at radius 2 is 1.36 bits per heavy atom. The lowest BCUT2D eigenvalue weighted by Crippen LogP contribution is -2.44. The maximum Gasteiger partial charge on any atom is 0.222 e. The molecule has 3 aromatic carbocycles. The highest BCUT2D eigenvalue weighted by Gasteiger charge is 2.41. The highest BCUT2D eigenvalue weighted by Crippen LogP contribution is 2.40. The Morgan fingerprint density at radius 1 is 0.786 bits per heavy atom. The number of ether oxygens (including phenoxy) is 2. The second-order valence-electron chi connectivity index (χ2n) is 7.18. The average molecular weight is 373 g/mol. The second kappa shape index (κ2) is 9.16. The summed E-state index contributed by atoms with van der Waals surface area (Å²) in [4.78, 5) is 0. The fourth-order valence-corrected chi connectivity index (χ4v) is 3.74. The molecule has 0 spiro atoms. The molecule has 0 unspecified atom stereocenters. The van der Waals surface area contributed by atoms with Crippen LogP contribution < -0.4 is 5.32 Å². The monoisotopic (exact) mass is 373 g/mol. The number of hydrogen-bond donors (Lipinski definition) is 1. The number of rotatable bonds is 7. The molecule has 1 aliphatic rings. The van der Waals surface area contributed by atoms with E-state index in [0.29, 0.717) is 6.61 Å². The highest BCUT2D eigenvalue weighted by molar-refractivity contribution is 5.34. The molecule has 1 heterocycles. The normalized spacial score (nSPS) is 18.6. The molecule has 1 atom stereocenters. The SMILES string of the molecule is c1ccc(CNCC[C@@H]2CCOC(c3ccccc3)(c3ccccc3)O2)cc1. The van der Waals surface area contributed by atoms with Crippen molar-refractivity contribution in [3.05, 3.63) is 108 Å². The van der Waals surface area contributed by atoms with Crippen LogP contribution in [-0.2, 0) is 21.8 Å². The van der Waals surface area contributed by atoms with E-state index in [1.54, 1.807) is 0 Å². The van der Waals surface area contributed by atoms with E-state index < -0.39 is 5.79 Å². The van der Waals surface area contributed by atoms with E-state index >= 15 is 0 Å². The van der Waals surface area contributed by atoms with Gasteiger partial charge in [-0.05, 0) is 24.9 Å². The highest BCUT2D eigenvalue weighted by atomic mass is 16.7. The third-order valence-corrected chi connectivity index (χ3v) is 5.20. The molecule has 3 aromatic rings. The molecule has 28 heavy (non-hydrogen) atoms. The zero-order valence-electron chi connectivity index (χ0n) is 16.1. The first-order chi connectivity index (χ1) is 13.9. The van der Waals surface area contributed by atoms with Gasteiger partial charge in [-0.2, -0.15) is 0 Å². The summed E-state index contributed by atoms with van der Waals surface area (Å²) in [6.07, 6.45) is 2.02. The molecule has 1 fully saturated rings.